The zero-order valence-corrected chi connectivity index (χ0v) is 12.0. The molecule has 0 radical (unpaired) electrons. The van der Waals surface area contributed by atoms with Crippen molar-refractivity contribution in [1.82, 2.24) is 0 Å². The van der Waals surface area contributed by atoms with Crippen molar-refractivity contribution in [2.24, 2.45) is 0 Å². The highest BCUT2D eigenvalue weighted by molar-refractivity contribution is 7.09. The molecule has 0 aliphatic carbocycles. The van der Waals surface area contributed by atoms with Gasteiger partial charge in [-0.15, -0.1) is 11.3 Å². The van der Waals surface area contributed by atoms with Gasteiger partial charge in [0.05, 0.1) is 17.0 Å². The number of nitrogens with zero attached hydrogens (tertiary/aromatic N) is 1. The first kappa shape index (κ1) is 13.8. The predicted molar refractivity (Wildman–Crippen MR) is 77.4 cm³/mol. The lowest BCUT2D eigenvalue weighted by molar-refractivity contribution is -0.116. The zero-order chi connectivity index (χ0) is 13.9. The van der Waals surface area contributed by atoms with Crippen LogP contribution in [0.4, 0.5) is 0 Å². The van der Waals surface area contributed by atoms with Crippen LogP contribution >= 0.6 is 22.9 Å². The Hall–Kier alpha value is -1.63. The van der Waals surface area contributed by atoms with Gasteiger partial charge in [-0.2, -0.15) is 5.26 Å². The largest absolute Gasteiger partial charge is 0.280 e. The van der Waals surface area contributed by atoms with Crippen molar-refractivity contribution in [3.05, 3.63) is 57.8 Å². The molecule has 0 saturated carbocycles. The van der Waals surface area contributed by atoms with Crippen LogP contribution in [0.25, 0.3) is 0 Å². The number of thiophene rings is 1. The van der Waals surface area contributed by atoms with Crippen LogP contribution in [0.2, 0.25) is 0 Å². The van der Waals surface area contributed by atoms with Crippen molar-refractivity contribution in [3.63, 3.8) is 0 Å². The molecule has 0 aliphatic heterocycles. The van der Waals surface area contributed by atoms with Gasteiger partial charge in [0.25, 0.3) is 0 Å². The molecule has 2 aromatic rings. The fraction of sp³-hybridized carbons (Fsp3) is 0.200. The third kappa shape index (κ3) is 2.86. The second kappa shape index (κ2) is 5.56. The van der Waals surface area contributed by atoms with E-state index in [2.05, 4.69) is 6.07 Å². The van der Waals surface area contributed by atoms with E-state index in [4.69, 9.17) is 16.9 Å². The van der Waals surface area contributed by atoms with Crippen molar-refractivity contribution in [2.45, 2.75) is 18.8 Å². The van der Waals surface area contributed by atoms with Gasteiger partial charge in [-0.05, 0) is 54.1 Å². The molecule has 1 aromatic carbocycles. The molecule has 1 atom stereocenters. The number of rotatable bonds is 4. The molecule has 1 aromatic heterocycles. The van der Waals surface area contributed by atoms with Gasteiger partial charge >= 0.3 is 0 Å². The predicted octanol–water partition coefficient (Wildman–Crippen LogP) is 3.89. The summed E-state index contributed by atoms with van der Waals surface area (Å²) in [5, 5.41) is 10.5. The fourth-order valence-electron chi connectivity index (χ4n) is 1.98. The Bertz CT molecular complexity index is 630. The van der Waals surface area contributed by atoms with Crippen LogP contribution in [0.15, 0.2) is 41.8 Å². The van der Waals surface area contributed by atoms with Crippen LogP contribution in [0.5, 0.6) is 0 Å². The van der Waals surface area contributed by atoms with Crippen LogP contribution in [0.1, 0.15) is 22.9 Å². The van der Waals surface area contributed by atoms with E-state index < -0.39 is 10.7 Å². The Labute approximate surface area is 121 Å². The van der Waals surface area contributed by atoms with Gasteiger partial charge in [0, 0.05) is 4.88 Å². The summed E-state index contributed by atoms with van der Waals surface area (Å²) in [6.45, 7) is 1.82. The van der Waals surface area contributed by atoms with Crippen LogP contribution in [-0.4, -0.2) is 5.24 Å². The van der Waals surface area contributed by atoms with E-state index in [9.17, 15) is 4.79 Å². The summed E-state index contributed by atoms with van der Waals surface area (Å²) in [6, 6.07) is 13.1. The Kier molecular flexibility index (Phi) is 4.04. The normalized spacial score (nSPS) is 13.5. The minimum Gasteiger partial charge on any atom is -0.280 e. The Morgan fingerprint density at radius 3 is 2.79 bits per heavy atom. The third-order valence-electron chi connectivity index (χ3n) is 3.17. The molecule has 0 spiro atoms. The van der Waals surface area contributed by atoms with Crippen molar-refractivity contribution in [2.75, 3.05) is 0 Å². The SMILES string of the molecule is CC(Cc1cccs1)(C(=O)Cl)c1cccc(C#N)c1. The Morgan fingerprint density at radius 1 is 1.42 bits per heavy atom. The summed E-state index contributed by atoms with van der Waals surface area (Å²) in [5.41, 5.74) is 0.506. The molecule has 0 bridgehead atoms. The lowest BCUT2D eigenvalue weighted by Crippen LogP contribution is -2.31. The Morgan fingerprint density at radius 2 is 2.21 bits per heavy atom. The number of halogens is 1. The maximum absolute atomic E-state index is 11.9. The minimum atomic E-state index is -0.806. The molecule has 4 heteroatoms. The number of hydrogen-bond donors (Lipinski definition) is 0. The van der Waals surface area contributed by atoms with E-state index >= 15 is 0 Å². The minimum absolute atomic E-state index is 0.406. The standard InChI is InChI=1S/C15H12ClNOS/c1-15(14(16)18,9-13-6-3-7-19-13)12-5-2-4-11(8-12)10-17/h2-8H,9H2,1H3. The van der Waals surface area contributed by atoms with E-state index in [1.807, 2.05) is 30.5 Å². The van der Waals surface area contributed by atoms with Gasteiger partial charge in [-0.3, -0.25) is 4.79 Å². The number of carbonyl (C=O) groups is 1. The molecule has 96 valence electrons. The van der Waals surface area contributed by atoms with Gasteiger partial charge in [0.2, 0.25) is 5.24 Å². The maximum Gasteiger partial charge on any atom is 0.232 e. The lowest BCUT2D eigenvalue weighted by atomic mass is 9.79. The first-order chi connectivity index (χ1) is 9.06. The van der Waals surface area contributed by atoms with E-state index in [0.717, 1.165) is 10.4 Å². The number of nitriles is 1. The summed E-state index contributed by atoms with van der Waals surface area (Å²) in [6.07, 6.45) is 0.544. The molecule has 2 rings (SSSR count). The quantitative estimate of drug-likeness (QED) is 0.801. The second-order valence-corrected chi connectivity index (χ2v) is 5.93. The topological polar surface area (TPSA) is 40.9 Å². The van der Waals surface area contributed by atoms with Gasteiger partial charge < -0.3 is 0 Å². The van der Waals surface area contributed by atoms with E-state index in [0.29, 0.717) is 12.0 Å². The Balaban J connectivity index is 2.44. The summed E-state index contributed by atoms with van der Waals surface area (Å²) >= 11 is 7.41. The van der Waals surface area contributed by atoms with Gasteiger partial charge in [0.15, 0.2) is 0 Å². The second-order valence-electron chi connectivity index (χ2n) is 4.55. The van der Waals surface area contributed by atoms with Crippen molar-refractivity contribution < 1.29 is 4.79 Å². The molecule has 0 N–H and O–H groups in total. The zero-order valence-electron chi connectivity index (χ0n) is 10.4. The molecular weight excluding hydrogens is 278 g/mol. The van der Waals surface area contributed by atoms with Crippen LogP contribution < -0.4 is 0 Å². The van der Waals surface area contributed by atoms with E-state index in [1.165, 1.54) is 0 Å². The van der Waals surface area contributed by atoms with E-state index in [-0.39, 0.29) is 0 Å². The summed E-state index contributed by atoms with van der Waals surface area (Å²) in [5.74, 6) is 0. The average Bonchev–Trinajstić information content (AvgIpc) is 2.91. The monoisotopic (exact) mass is 289 g/mol. The van der Waals surface area contributed by atoms with Crippen molar-refractivity contribution >= 4 is 28.2 Å². The molecule has 0 amide bonds. The number of hydrogen-bond acceptors (Lipinski definition) is 3. The first-order valence-electron chi connectivity index (χ1n) is 5.79. The average molecular weight is 290 g/mol. The summed E-state index contributed by atoms with van der Waals surface area (Å²) < 4.78 is 0. The van der Waals surface area contributed by atoms with Crippen LogP contribution in [0.3, 0.4) is 0 Å². The van der Waals surface area contributed by atoms with E-state index in [1.54, 1.807) is 29.5 Å². The fourth-order valence-corrected chi connectivity index (χ4v) is 3.02. The summed E-state index contributed by atoms with van der Waals surface area (Å²) in [4.78, 5) is 13.0. The van der Waals surface area contributed by atoms with Crippen LogP contribution in [-0.2, 0) is 16.6 Å². The third-order valence-corrected chi connectivity index (χ3v) is 4.46. The number of benzene rings is 1. The lowest BCUT2D eigenvalue weighted by Gasteiger charge is -2.25. The maximum atomic E-state index is 11.9. The van der Waals surface area contributed by atoms with Crippen LogP contribution in [0, 0.1) is 11.3 Å². The first-order valence-corrected chi connectivity index (χ1v) is 7.05. The van der Waals surface area contributed by atoms with Crippen molar-refractivity contribution in [1.29, 1.82) is 5.26 Å². The molecule has 0 saturated heterocycles. The molecular formula is C15H12ClNOS. The molecule has 1 unspecified atom stereocenters. The van der Waals surface area contributed by atoms with Crippen molar-refractivity contribution in [3.8, 4) is 6.07 Å². The number of carbonyl (C=O) groups excluding carboxylic acids is 1. The van der Waals surface area contributed by atoms with Gasteiger partial charge in [0.1, 0.15) is 0 Å². The van der Waals surface area contributed by atoms with Gasteiger partial charge in [-0.25, -0.2) is 0 Å². The highest BCUT2D eigenvalue weighted by Gasteiger charge is 2.34. The molecule has 19 heavy (non-hydrogen) atoms. The molecule has 0 fully saturated rings. The summed E-state index contributed by atoms with van der Waals surface area (Å²) in [7, 11) is 0. The molecule has 1 heterocycles. The molecule has 0 aliphatic rings. The molecule has 2 nitrogen and oxygen atoms in total. The van der Waals surface area contributed by atoms with Gasteiger partial charge in [-0.1, -0.05) is 18.2 Å². The smallest absolute Gasteiger partial charge is 0.232 e. The highest BCUT2D eigenvalue weighted by atomic mass is 35.5. The highest BCUT2D eigenvalue weighted by Crippen LogP contribution is 2.32.